The number of carbonyl (C=O) groups is 1. The third-order valence-electron chi connectivity index (χ3n) is 4.59. The number of rotatable bonds is 2. The van der Waals surface area contributed by atoms with Crippen molar-refractivity contribution >= 4 is 6.09 Å². The van der Waals surface area contributed by atoms with Crippen LogP contribution in [0.4, 0.5) is 13.6 Å². The van der Waals surface area contributed by atoms with Crippen LogP contribution in [0.25, 0.3) is 0 Å². The average Bonchev–Trinajstić information content (AvgIpc) is 2.99. The molecule has 1 aromatic rings. The number of fused-ring (bicyclic) bond motifs is 1. The van der Waals surface area contributed by atoms with E-state index in [1.54, 1.807) is 25.7 Å². The average molecular weight is 338 g/mol. The van der Waals surface area contributed by atoms with Gasteiger partial charge in [0.2, 0.25) is 0 Å². The molecular weight excluding hydrogens is 314 g/mol. The predicted octanol–water partition coefficient (Wildman–Crippen LogP) is 3.37. The van der Waals surface area contributed by atoms with Crippen LogP contribution in [0, 0.1) is 5.92 Å². The number of hydrogen-bond donors (Lipinski definition) is 0. The number of alkyl halides is 2. The summed E-state index contributed by atoms with van der Waals surface area (Å²) in [5.41, 5.74) is 0.380. The standard InChI is InChI=1S/C18H24F2N2O2/c1-17(2,3)24-16(23)21-10-14-15(11-21)22(12-18(14,19)20)9-13-7-5-4-6-8-13/h4-8,14-15H,9-12H2,1-3H3. The fourth-order valence-corrected chi connectivity index (χ4v) is 3.54. The molecule has 4 nitrogen and oxygen atoms in total. The van der Waals surface area contributed by atoms with Crippen molar-refractivity contribution in [2.24, 2.45) is 5.92 Å². The summed E-state index contributed by atoms with van der Waals surface area (Å²) in [6, 6.07) is 9.27. The van der Waals surface area contributed by atoms with Crippen molar-refractivity contribution in [2.45, 2.75) is 44.9 Å². The molecule has 2 atom stereocenters. The van der Waals surface area contributed by atoms with E-state index < -0.39 is 23.5 Å². The van der Waals surface area contributed by atoms with Crippen LogP contribution in [0.3, 0.4) is 0 Å². The highest BCUT2D eigenvalue weighted by molar-refractivity contribution is 5.68. The van der Waals surface area contributed by atoms with Gasteiger partial charge in [-0.15, -0.1) is 0 Å². The molecule has 2 heterocycles. The van der Waals surface area contributed by atoms with Crippen molar-refractivity contribution in [3.63, 3.8) is 0 Å². The molecule has 3 rings (SSSR count). The van der Waals surface area contributed by atoms with Gasteiger partial charge in [-0.1, -0.05) is 30.3 Å². The molecule has 1 amide bonds. The van der Waals surface area contributed by atoms with E-state index in [2.05, 4.69) is 0 Å². The molecule has 1 aromatic carbocycles. The largest absolute Gasteiger partial charge is 0.444 e. The van der Waals surface area contributed by atoms with Crippen LogP contribution in [0.1, 0.15) is 26.3 Å². The zero-order chi connectivity index (χ0) is 17.5. The Kier molecular flexibility index (Phi) is 4.28. The fraction of sp³-hybridized carbons (Fsp3) is 0.611. The molecule has 0 aliphatic carbocycles. The molecule has 24 heavy (non-hydrogen) atoms. The first-order valence-electron chi connectivity index (χ1n) is 8.29. The number of hydrogen-bond acceptors (Lipinski definition) is 3. The second kappa shape index (κ2) is 5.99. The van der Waals surface area contributed by atoms with Gasteiger partial charge >= 0.3 is 6.09 Å². The van der Waals surface area contributed by atoms with E-state index in [9.17, 15) is 13.6 Å². The van der Waals surface area contributed by atoms with Crippen LogP contribution in [0.5, 0.6) is 0 Å². The van der Waals surface area contributed by atoms with Crippen LogP contribution in [0.15, 0.2) is 30.3 Å². The quantitative estimate of drug-likeness (QED) is 0.829. The lowest BCUT2D eigenvalue weighted by atomic mass is 10.0. The minimum absolute atomic E-state index is 0.0534. The maximum absolute atomic E-state index is 14.4. The highest BCUT2D eigenvalue weighted by Gasteiger charge is 2.58. The van der Waals surface area contributed by atoms with E-state index in [1.807, 2.05) is 30.3 Å². The smallest absolute Gasteiger partial charge is 0.410 e. The molecule has 0 radical (unpaired) electrons. The number of carbonyl (C=O) groups excluding carboxylic acids is 1. The third-order valence-corrected chi connectivity index (χ3v) is 4.59. The van der Waals surface area contributed by atoms with Gasteiger partial charge in [0.05, 0.1) is 12.5 Å². The molecular formula is C18H24F2N2O2. The van der Waals surface area contributed by atoms with Gasteiger partial charge in [-0.05, 0) is 26.3 Å². The van der Waals surface area contributed by atoms with E-state index >= 15 is 0 Å². The van der Waals surface area contributed by atoms with Crippen LogP contribution in [0.2, 0.25) is 0 Å². The molecule has 2 aliphatic heterocycles. The van der Waals surface area contributed by atoms with Crippen molar-refractivity contribution in [1.82, 2.24) is 9.80 Å². The van der Waals surface area contributed by atoms with Crippen LogP contribution in [-0.4, -0.2) is 53.1 Å². The Morgan fingerprint density at radius 2 is 1.92 bits per heavy atom. The molecule has 132 valence electrons. The minimum atomic E-state index is -2.78. The molecule has 2 fully saturated rings. The molecule has 0 bridgehead atoms. The molecule has 0 aromatic heterocycles. The molecule has 0 spiro atoms. The number of likely N-dealkylation sites (tertiary alicyclic amines) is 2. The summed E-state index contributed by atoms with van der Waals surface area (Å²) in [4.78, 5) is 15.4. The summed E-state index contributed by atoms with van der Waals surface area (Å²) in [6.45, 7) is 5.90. The lowest BCUT2D eigenvalue weighted by Crippen LogP contribution is -2.40. The molecule has 2 unspecified atom stereocenters. The normalized spacial score (nSPS) is 26.5. The van der Waals surface area contributed by atoms with Crippen molar-refractivity contribution in [2.75, 3.05) is 19.6 Å². The second-order valence-corrected chi connectivity index (χ2v) is 7.71. The Morgan fingerprint density at radius 1 is 1.25 bits per heavy atom. The van der Waals surface area contributed by atoms with Crippen molar-refractivity contribution < 1.29 is 18.3 Å². The minimum Gasteiger partial charge on any atom is -0.444 e. The first-order valence-corrected chi connectivity index (χ1v) is 8.29. The zero-order valence-electron chi connectivity index (χ0n) is 14.3. The van der Waals surface area contributed by atoms with Gasteiger partial charge in [0.15, 0.2) is 0 Å². The summed E-state index contributed by atoms with van der Waals surface area (Å²) in [5, 5.41) is 0. The van der Waals surface area contributed by atoms with Crippen molar-refractivity contribution in [3.05, 3.63) is 35.9 Å². The number of benzene rings is 1. The zero-order valence-corrected chi connectivity index (χ0v) is 14.3. The third kappa shape index (κ3) is 3.53. The van der Waals surface area contributed by atoms with Crippen LogP contribution >= 0.6 is 0 Å². The van der Waals surface area contributed by atoms with Gasteiger partial charge in [0.1, 0.15) is 5.60 Å². The maximum atomic E-state index is 14.4. The van der Waals surface area contributed by atoms with Crippen LogP contribution in [-0.2, 0) is 11.3 Å². The van der Waals surface area contributed by atoms with Crippen molar-refractivity contribution in [1.29, 1.82) is 0 Å². The fourth-order valence-electron chi connectivity index (χ4n) is 3.54. The SMILES string of the molecule is CC(C)(C)OC(=O)N1CC2C(C1)C(F)(F)CN2Cc1ccccc1. The summed E-state index contributed by atoms with van der Waals surface area (Å²) >= 11 is 0. The molecule has 2 aliphatic rings. The summed E-state index contributed by atoms with van der Waals surface area (Å²) in [5.74, 6) is -3.61. The first-order chi connectivity index (χ1) is 11.2. The Balaban J connectivity index is 1.71. The Labute approximate surface area is 141 Å². The highest BCUT2D eigenvalue weighted by Crippen LogP contribution is 2.43. The van der Waals surface area contributed by atoms with Crippen molar-refractivity contribution in [3.8, 4) is 0 Å². The number of halogens is 2. The topological polar surface area (TPSA) is 32.8 Å². The molecule has 2 saturated heterocycles. The Morgan fingerprint density at radius 3 is 2.54 bits per heavy atom. The predicted molar refractivity (Wildman–Crippen MR) is 86.9 cm³/mol. The van der Waals surface area contributed by atoms with E-state index in [1.165, 1.54) is 4.90 Å². The van der Waals surface area contributed by atoms with E-state index in [-0.39, 0.29) is 19.1 Å². The summed E-state index contributed by atoms with van der Waals surface area (Å²) < 4.78 is 34.1. The van der Waals surface area contributed by atoms with Crippen LogP contribution < -0.4 is 0 Å². The van der Waals surface area contributed by atoms with Gasteiger partial charge in [0, 0.05) is 25.7 Å². The number of amides is 1. The number of nitrogens with zero attached hydrogens (tertiary/aromatic N) is 2. The molecule has 0 saturated carbocycles. The van der Waals surface area contributed by atoms with Gasteiger partial charge in [-0.2, -0.15) is 0 Å². The van der Waals surface area contributed by atoms with Gasteiger partial charge < -0.3 is 9.64 Å². The molecule has 0 N–H and O–H groups in total. The Bertz CT molecular complexity index is 601. The second-order valence-electron chi connectivity index (χ2n) is 7.71. The number of ether oxygens (including phenoxy) is 1. The summed E-state index contributed by atoms with van der Waals surface area (Å²) in [7, 11) is 0. The first kappa shape index (κ1) is 17.1. The van der Waals surface area contributed by atoms with E-state index in [0.29, 0.717) is 13.1 Å². The van der Waals surface area contributed by atoms with E-state index in [0.717, 1.165) is 5.56 Å². The van der Waals surface area contributed by atoms with Gasteiger partial charge in [-0.3, -0.25) is 4.90 Å². The Hall–Kier alpha value is -1.69. The lowest BCUT2D eigenvalue weighted by Gasteiger charge is -2.27. The van der Waals surface area contributed by atoms with E-state index in [4.69, 9.17) is 4.74 Å². The molecule has 6 heteroatoms. The maximum Gasteiger partial charge on any atom is 0.410 e. The lowest BCUT2D eigenvalue weighted by molar-refractivity contribution is -0.0323. The summed E-state index contributed by atoms with van der Waals surface area (Å²) in [6.07, 6.45) is -0.507. The monoisotopic (exact) mass is 338 g/mol. The highest BCUT2D eigenvalue weighted by atomic mass is 19.3. The van der Waals surface area contributed by atoms with Gasteiger partial charge in [0.25, 0.3) is 5.92 Å². The van der Waals surface area contributed by atoms with Gasteiger partial charge in [-0.25, -0.2) is 13.6 Å².